The van der Waals surface area contributed by atoms with Crippen LogP contribution < -0.4 is 14.8 Å². The van der Waals surface area contributed by atoms with Crippen LogP contribution in [0.3, 0.4) is 0 Å². The molecule has 5 rings (SSSR count). The van der Waals surface area contributed by atoms with Crippen molar-refractivity contribution in [2.75, 3.05) is 57.9 Å². The SMILES string of the molecule is CCN1CCN(C(=O)[C@@H]2CCCN(C(=O)c3nnc(C(=O)Nc4ccc5c(c4)OCO5)s3)C2)CC1. The van der Waals surface area contributed by atoms with Gasteiger partial charge in [-0.15, -0.1) is 10.2 Å². The fourth-order valence-electron chi connectivity index (χ4n) is 4.60. The Labute approximate surface area is 207 Å². The number of benzene rings is 1. The van der Waals surface area contributed by atoms with Crippen LogP contribution in [0.25, 0.3) is 0 Å². The number of piperidine rings is 1. The first-order valence-electron chi connectivity index (χ1n) is 11.9. The maximum atomic E-state index is 13.1. The van der Waals surface area contributed by atoms with Gasteiger partial charge in [-0.2, -0.15) is 0 Å². The molecule has 1 aromatic heterocycles. The molecule has 2 fully saturated rings. The number of anilines is 1. The van der Waals surface area contributed by atoms with Gasteiger partial charge < -0.3 is 29.5 Å². The van der Waals surface area contributed by atoms with Crippen molar-refractivity contribution in [3.63, 3.8) is 0 Å². The Hall–Kier alpha value is -3.25. The molecule has 1 atom stereocenters. The zero-order chi connectivity index (χ0) is 24.4. The number of piperazine rings is 1. The Kier molecular flexibility index (Phi) is 6.82. The van der Waals surface area contributed by atoms with Gasteiger partial charge in [-0.05, 0) is 31.5 Å². The van der Waals surface area contributed by atoms with Crippen molar-refractivity contribution in [2.24, 2.45) is 5.92 Å². The number of amides is 3. The highest BCUT2D eigenvalue weighted by molar-refractivity contribution is 7.15. The van der Waals surface area contributed by atoms with Crippen LogP contribution in [-0.2, 0) is 4.79 Å². The molecule has 0 saturated carbocycles. The molecule has 3 aliphatic heterocycles. The van der Waals surface area contributed by atoms with E-state index in [1.807, 2.05) is 4.90 Å². The molecule has 1 N–H and O–H groups in total. The van der Waals surface area contributed by atoms with E-state index < -0.39 is 5.91 Å². The minimum atomic E-state index is -0.460. The third-order valence-corrected chi connectivity index (χ3v) is 7.53. The fraction of sp³-hybridized carbons (Fsp3) is 0.522. The predicted octanol–water partition coefficient (Wildman–Crippen LogP) is 1.54. The van der Waals surface area contributed by atoms with Gasteiger partial charge in [0.25, 0.3) is 11.8 Å². The average molecular weight is 501 g/mol. The highest BCUT2D eigenvalue weighted by atomic mass is 32.1. The van der Waals surface area contributed by atoms with Gasteiger partial charge in [-0.3, -0.25) is 14.4 Å². The minimum Gasteiger partial charge on any atom is -0.454 e. The van der Waals surface area contributed by atoms with Crippen molar-refractivity contribution in [1.82, 2.24) is 24.9 Å². The van der Waals surface area contributed by atoms with Crippen LogP contribution in [0.4, 0.5) is 5.69 Å². The smallest absolute Gasteiger partial charge is 0.286 e. The van der Waals surface area contributed by atoms with Gasteiger partial charge in [0.15, 0.2) is 11.5 Å². The molecular formula is C23H28N6O5S. The molecule has 4 heterocycles. The Morgan fingerprint density at radius 1 is 1.03 bits per heavy atom. The van der Waals surface area contributed by atoms with Gasteiger partial charge in [-0.1, -0.05) is 18.3 Å². The number of fused-ring (bicyclic) bond motifs is 1. The van der Waals surface area contributed by atoms with Crippen molar-refractivity contribution >= 4 is 34.7 Å². The second-order valence-corrected chi connectivity index (χ2v) is 9.76. The van der Waals surface area contributed by atoms with Crippen molar-refractivity contribution < 1.29 is 23.9 Å². The lowest BCUT2D eigenvalue weighted by Crippen LogP contribution is -2.52. The van der Waals surface area contributed by atoms with Gasteiger partial charge in [0.2, 0.25) is 22.7 Å². The van der Waals surface area contributed by atoms with Crippen LogP contribution in [-0.4, -0.2) is 95.2 Å². The number of likely N-dealkylation sites (N-methyl/N-ethyl adjacent to an activating group) is 1. The lowest BCUT2D eigenvalue weighted by molar-refractivity contribution is -0.138. The molecule has 0 spiro atoms. The normalized spacial score (nSPS) is 20.1. The summed E-state index contributed by atoms with van der Waals surface area (Å²) in [6.07, 6.45) is 1.53. The number of carbonyl (C=O) groups excluding carboxylic acids is 3. The number of carbonyl (C=O) groups is 3. The number of hydrogen-bond donors (Lipinski definition) is 1. The van der Waals surface area contributed by atoms with E-state index in [9.17, 15) is 14.4 Å². The summed E-state index contributed by atoms with van der Waals surface area (Å²) in [5, 5.41) is 10.8. The maximum Gasteiger partial charge on any atom is 0.286 e. The number of aromatic nitrogens is 2. The van der Waals surface area contributed by atoms with Gasteiger partial charge >= 0.3 is 0 Å². The third kappa shape index (κ3) is 5.08. The third-order valence-electron chi connectivity index (χ3n) is 6.62. The number of ether oxygens (including phenoxy) is 2. The summed E-state index contributed by atoms with van der Waals surface area (Å²) in [4.78, 5) is 44.7. The summed E-state index contributed by atoms with van der Waals surface area (Å²) in [7, 11) is 0. The highest BCUT2D eigenvalue weighted by Crippen LogP contribution is 2.34. The van der Waals surface area contributed by atoms with Crippen molar-refractivity contribution in [3.8, 4) is 11.5 Å². The molecule has 0 aliphatic carbocycles. The number of rotatable bonds is 5. The number of likely N-dealkylation sites (tertiary alicyclic amines) is 1. The first kappa shape index (κ1) is 23.5. The summed E-state index contributed by atoms with van der Waals surface area (Å²) >= 11 is 0.946. The van der Waals surface area contributed by atoms with Gasteiger partial charge in [0, 0.05) is 51.0 Å². The Bertz CT molecular complexity index is 1120. The molecular weight excluding hydrogens is 472 g/mol. The maximum absolute atomic E-state index is 13.1. The second-order valence-electron chi connectivity index (χ2n) is 8.78. The summed E-state index contributed by atoms with van der Waals surface area (Å²) < 4.78 is 10.6. The predicted molar refractivity (Wildman–Crippen MR) is 128 cm³/mol. The fourth-order valence-corrected chi connectivity index (χ4v) is 5.31. The van der Waals surface area contributed by atoms with Crippen molar-refractivity contribution in [1.29, 1.82) is 0 Å². The molecule has 35 heavy (non-hydrogen) atoms. The van der Waals surface area contributed by atoms with E-state index in [4.69, 9.17) is 9.47 Å². The Balaban J connectivity index is 1.18. The summed E-state index contributed by atoms with van der Waals surface area (Å²) in [5.41, 5.74) is 0.527. The van der Waals surface area contributed by atoms with Crippen LogP contribution in [0.15, 0.2) is 18.2 Å². The Morgan fingerprint density at radius 2 is 1.80 bits per heavy atom. The Morgan fingerprint density at radius 3 is 2.60 bits per heavy atom. The summed E-state index contributed by atoms with van der Waals surface area (Å²) in [5.74, 6) is 0.337. The molecule has 3 aliphatic rings. The topological polar surface area (TPSA) is 117 Å². The lowest BCUT2D eigenvalue weighted by Gasteiger charge is -2.38. The summed E-state index contributed by atoms with van der Waals surface area (Å²) in [6.45, 7) is 7.43. The van der Waals surface area contributed by atoms with Crippen molar-refractivity contribution in [3.05, 3.63) is 28.2 Å². The molecule has 186 valence electrons. The minimum absolute atomic E-state index is 0.0875. The zero-order valence-electron chi connectivity index (χ0n) is 19.6. The average Bonchev–Trinajstić information content (AvgIpc) is 3.58. The van der Waals surface area contributed by atoms with E-state index in [1.54, 1.807) is 23.1 Å². The van der Waals surface area contributed by atoms with Crippen LogP contribution in [0.1, 0.15) is 39.4 Å². The first-order valence-corrected chi connectivity index (χ1v) is 12.7. The van der Waals surface area contributed by atoms with Gasteiger partial charge in [0.1, 0.15) is 0 Å². The van der Waals surface area contributed by atoms with E-state index in [0.717, 1.165) is 56.9 Å². The van der Waals surface area contributed by atoms with E-state index in [1.165, 1.54) is 0 Å². The molecule has 11 nitrogen and oxygen atoms in total. The van der Waals surface area contributed by atoms with Gasteiger partial charge in [0.05, 0.1) is 5.92 Å². The van der Waals surface area contributed by atoms with Crippen LogP contribution >= 0.6 is 11.3 Å². The molecule has 2 aromatic rings. The number of hydrogen-bond acceptors (Lipinski definition) is 9. The number of nitrogens with zero attached hydrogens (tertiary/aromatic N) is 5. The summed E-state index contributed by atoms with van der Waals surface area (Å²) in [6, 6.07) is 5.08. The highest BCUT2D eigenvalue weighted by Gasteiger charge is 2.34. The van der Waals surface area contributed by atoms with Crippen molar-refractivity contribution in [2.45, 2.75) is 19.8 Å². The second kappa shape index (κ2) is 10.2. The molecule has 0 unspecified atom stereocenters. The standard InChI is InChI=1S/C23H28N6O5S/c1-2-27-8-10-28(11-9-27)22(31)15-4-3-7-29(13-15)23(32)21-26-25-20(35-21)19(30)24-16-5-6-17-18(12-16)34-14-33-17/h5-6,12,15H,2-4,7-11,13-14H2,1H3,(H,24,30)/t15-/m1/s1. The number of nitrogens with one attached hydrogen (secondary N) is 1. The van der Waals surface area contributed by atoms with E-state index in [2.05, 4.69) is 27.3 Å². The monoisotopic (exact) mass is 500 g/mol. The molecule has 12 heteroatoms. The molecule has 3 amide bonds. The molecule has 0 radical (unpaired) electrons. The largest absolute Gasteiger partial charge is 0.454 e. The quantitative estimate of drug-likeness (QED) is 0.657. The van der Waals surface area contributed by atoms with Crippen LogP contribution in [0.2, 0.25) is 0 Å². The molecule has 1 aromatic carbocycles. The van der Waals surface area contributed by atoms with Crippen LogP contribution in [0, 0.1) is 5.92 Å². The first-order chi connectivity index (χ1) is 17.0. The lowest BCUT2D eigenvalue weighted by atomic mass is 9.96. The van der Waals surface area contributed by atoms with E-state index in [0.29, 0.717) is 30.3 Å². The molecule has 0 bridgehead atoms. The molecule has 2 saturated heterocycles. The zero-order valence-corrected chi connectivity index (χ0v) is 20.4. The van der Waals surface area contributed by atoms with E-state index in [-0.39, 0.29) is 34.5 Å². The van der Waals surface area contributed by atoms with Gasteiger partial charge in [-0.25, -0.2) is 0 Å². The van der Waals surface area contributed by atoms with E-state index >= 15 is 0 Å². The van der Waals surface area contributed by atoms with Crippen LogP contribution in [0.5, 0.6) is 11.5 Å².